The summed E-state index contributed by atoms with van der Waals surface area (Å²) in [4.78, 5) is 0. The van der Waals surface area contributed by atoms with Gasteiger partial charge in [-0.25, -0.2) is 0 Å². The van der Waals surface area contributed by atoms with Gasteiger partial charge in [0.05, 0.1) is 0 Å². The summed E-state index contributed by atoms with van der Waals surface area (Å²) in [5, 5.41) is 0. The molecule has 0 aromatic rings. The molecule has 0 bridgehead atoms. The molecule has 80 valence electrons. The molecule has 0 radical (unpaired) electrons. The van der Waals surface area contributed by atoms with Crippen LogP contribution in [0.15, 0.2) is 0 Å². The Hall–Kier alpha value is 1.90. The SMILES string of the molecule is O.O.O.O.O.O.[BH4-].[Cl][Ni][Cl].[Na+]. The number of rotatable bonds is 0. The summed E-state index contributed by atoms with van der Waals surface area (Å²) in [5.41, 5.74) is 0. The molecule has 0 spiro atoms. The molecule has 0 aliphatic heterocycles. The third kappa shape index (κ3) is 323. The molecule has 0 saturated heterocycles. The molecule has 0 aliphatic carbocycles. The van der Waals surface area contributed by atoms with Crippen molar-refractivity contribution in [1.82, 2.24) is 0 Å². The second kappa shape index (κ2) is 168. The van der Waals surface area contributed by atoms with Crippen molar-refractivity contribution in [2.45, 2.75) is 0 Å². The van der Waals surface area contributed by atoms with E-state index in [1.54, 1.807) is 0 Å². The standard InChI is InChI=1S/BH4.2ClH.Na.Ni.6H2O/h1H4;2*1H;;;6*1H2/q-1;;;+1;+2;;;;;;/p-2. The van der Waals surface area contributed by atoms with E-state index >= 15 is 0 Å². The van der Waals surface area contributed by atoms with Crippen molar-refractivity contribution in [1.29, 1.82) is 0 Å². The molecule has 11 heteroatoms. The van der Waals surface area contributed by atoms with E-state index < -0.39 is 0 Å². The van der Waals surface area contributed by atoms with Gasteiger partial charge in [0.15, 0.2) is 0 Å². The number of halogens is 2. The van der Waals surface area contributed by atoms with Crippen LogP contribution in [0.25, 0.3) is 0 Å². The molecule has 0 heterocycles. The molecule has 0 rings (SSSR count). The fourth-order valence-electron chi connectivity index (χ4n) is 0. The van der Waals surface area contributed by atoms with Crippen molar-refractivity contribution in [3.05, 3.63) is 0 Å². The van der Waals surface area contributed by atoms with Crippen molar-refractivity contribution in [2.75, 3.05) is 0 Å². The normalized spacial score (nSPS) is 2.00. The molecule has 0 saturated carbocycles. The van der Waals surface area contributed by atoms with Gasteiger partial charge in [-0.2, -0.15) is 0 Å². The van der Waals surface area contributed by atoms with Crippen LogP contribution in [0.5, 0.6) is 0 Å². The zero-order valence-corrected chi connectivity index (χ0v) is 9.57. The monoisotopic (exact) mass is 274 g/mol. The van der Waals surface area contributed by atoms with Gasteiger partial charge < -0.3 is 32.9 Å². The predicted molar refractivity (Wildman–Crippen MR) is 44.7 cm³/mol. The van der Waals surface area contributed by atoms with Crippen LogP contribution in [0.1, 0.15) is 0 Å². The summed E-state index contributed by atoms with van der Waals surface area (Å²) >= 11 is 0.569. The third-order valence-corrected chi connectivity index (χ3v) is 0. The van der Waals surface area contributed by atoms with Gasteiger partial charge in [0.2, 0.25) is 0 Å². The summed E-state index contributed by atoms with van der Waals surface area (Å²) < 4.78 is 0. The van der Waals surface area contributed by atoms with E-state index in [1.807, 2.05) is 0 Å². The van der Waals surface area contributed by atoms with Gasteiger partial charge in [-0.1, -0.05) is 8.41 Å². The molecule has 0 aromatic heterocycles. The average Bonchev–Trinajstić information content (AvgIpc) is 0.918. The Kier molecular flexibility index (Phi) is 1840. The van der Waals surface area contributed by atoms with Crippen molar-refractivity contribution in [3.8, 4) is 0 Å². The minimum absolute atomic E-state index is 0. The van der Waals surface area contributed by atoms with Crippen LogP contribution in [-0.4, -0.2) is 41.3 Å². The zero-order chi connectivity index (χ0) is 2.71. The molecule has 0 aromatic carbocycles. The molecule has 12 N–H and O–H groups in total. The van der Waals surface area contributed by atoms with Crippen LogP contribution in [0.2, 0.25) is 0 Å². The van der Waals surface area contributed by atoms with E-state index in [-0.39, 0.29) is 70.8 Å². The van der Waals surface area contributed by atoms with Crippen LogP contribution in [-0.2, 0) is 12.7 Å². The van der Waals surface area contributed by atoms with Gasteiger partial charge >= 0.3 is 62.6 Å². The van der Waals surface area contributed by atoms with Crippen LogP contribution < -0.4 is 29.6 Å². The summed E-state index contributed by atoms with van der Waals surface area (Å²) in [7, 11) is 9.40. The largest absolute Gasteiger partial charge is 1.00 e. The molecule has 0 fully saturated rings. The zero-order valence-electron chi connectivity index (χ0n) is 5.07. The topological polar surface area (TPSA) is 189 Å². The van der Waals surface area contributed by atoms with E-state index in [1.165, 1.54) is 0 Å². The van der Waals surface area contributed by atoms with E-state index in [4.69, 9.17) is 20.4 Å². The van der Waals surface area contributed by atoms with Gasteiger partial charge in [-0.15, -0.1) is 0 Å². The fourth-order valence-corrected chi connectivity index (χ4v) is 0. The second-order valence-corrected chi connectivity index (χ2v) is 1.68. The summed E-state index contributed by atoms with van der Waals surface area (Å²) in [6.07, 6.45) is 0. The molecule has 0 unspecified atom stereocenters. The third-order valence-electron chi connectivity index (χ3n) is 0. The van der Waals surface area contributed by atoms with Crippen LogP contribution in [0, 0.1) is 0 Å². The van der Waals surface area contributed by atoms with Gasteiger partial charge in [-0.3, -0.25) is 0 Å². The number of hydrogen-bond acceptors (Lipinski definition) is 0. The van der Waals surface area contributed by atoms with Crippen molar-refractivity contribution >= 4 is 28.8 Å². The minimum Gasteiger partial charge on any atom is 1.00 e. The summed E-state index contributed by atoms with van der Waals surface area (Å²) in [6.45, 7) is 0. The molecule has 0 amide bonds. The first kappa shape index (κ1) is 120. The van der Waals surface area contributed by atoms with Crippen LogP contribution in [0.3, 0.4) is 0 Å². The summed E-state index contributed by atoms with van der Waals surface area (Å²) in [5.74, 6) is 0. The predicted octanol–water partition coefficient (Wildman–Crippen LogP) is -8.02. The van der Waals surface area contributed by atoms with Gasteiger partial charge in [-0.05, 0) is 0 Å². The maximum absolute atomic E-state index is 4.70. The molecule has 0 atom stereocenters. The first-order valence-electron chi connectivity index (χ1n) is 0.239. The Morgan fingerprint density at radius 3 is 0.636 bits per heavy atom. The Labute approximate surface area is 103 Å². The first-order valence-corrected chi connectivity index (χ1v) is 2.96. The Bertz CT molecular complexity index is 20.5. The minimum atomic E-state index is 0. The van der Waals surface area contributed by atoms with Crippen molar-refractivity contribution in [3.63, 3.8) is 0 Å². The van der Waals surface area contributed by atoms with Crippen LogP contribution in [0.4, 0.5) is 0 Å². The molecular weight excluding hydrogens is 259 g/mol. The Morgan fingerprint density at radius 1 is 0.636 bits per heavy atom. The van der Waals surface area contributed by atoms with E-state index in [0.717, 1.165) is 0 Å². The summed E-state index contributed by atoms with van der Waals surface area (Å²) in [6, 6.07) is 0. The quantitative estimate of drug-likeness (QED) is 0.380. The fraction of sp³-hybridized carbons (Fsp3) is 0. The Morgan fingerprint density at radius 2 is 0.636 bits per heavy atom. The smallest absolute Gasteiger partial charge is 1.00 e. The van der Waals surface area contributed by atoms with Crippen molar-refractivity contribution < 1.29 is 75.1 Å². The van der Waals surface area contributed by atoms with Gasteiger partial charge in [0, 0.05) is 0 Å². The Balaban J connectivity index is -0.000000000714. The van der Waals surface area contributed by atoms with Crippen molar-refractivity contribution in [2.24, 2.45) is 0 Å². The van der Waals surface area contributed by atoms with E-state index in [0.29, 0.717) is 12.7 Å². The maximum Gasteiger partial charge on any atom is 1.00 e. The van der Waals surface area contributed by atoms with Gasteiger partial charge in [0.1, 0.15) is 0 Å². The van der Waals surface area contributed by atoms with Crippen LogP contribution >= 0.6 is 20.4 Å². The maximum atomic E-state index is 4.70. The van der Waals surface area contributed by atoms with E-state index in [9.17, 15) is 0 Å². The van der Waals surface area contributed by atoms with E-state index in [2.05, 4.69) is 0 Å². The molecule has 6 nitrogen and oxygen atoms in total. The molecule has 11 heavy (non-hydrogen) atoms. The number of hydrogen-bond donors (Lipinski definition) is 0. The first-order chi connectivity index (χ1) is 1.41. The average molecular weight is 276 g/mol. The molecule has 0 aliphatic rings. The second-order valence-electron chi connectivity index (χ2n) is 0.0452. The molecular formula is H16BCl2NaNiO6. The van der Waals surface area contributed by atoms with Gasteiger partial charge in [0.25, 0.3) is 0 Å².